The Morgan fingerprint density at radius 2 is 1.83 bits per heavy atom. The second-order valence-corrected chi connectivity index (χ2v) is 8.35. The summed E-state index contributed by atoms with van der Waals surface area (Å²) in [6, 6.07) is 15.1. The van der Waals surface area contributed by atoms with Crippen LogP contribution in [0.25, 0.3) is 0 Å². The number of nitrogens with zero attached hydrogens (tertiary/aromatic N) is 2. The number of hydrogen-bond donors (Lipinski definition) is 0. The van der Waals surface area contributed by atoms with Gasteiger partial charge in [-0.1, -0.05) is 31.2 Å². The minimum atomic E-state index is 0.0229. The van der Waals surface area contributed by atoms with E-state index < -0.39 is 0 Å². The zero-order valence-corrected chi connectivity index (χ0v) is 22.0. The van der Waals surface area contributed by atoms with Crippen molar-refractivity contribution in [2.24, 2.45) is 4.99 Å². The summed E-state index contributed by atoms with van der Waals surface area (Å²) in [5, 5.41) is 0. The summed E-state index contributed by atoms with van der Waals surface area (Å²) in [5.41, 5.74) is 5.98. The maximum atomic E-state index is 12.9. The molecular weight excluding hydrogens is 479 g/mol. The average Bonchev–Trinajstić information content (AvgIpc) is 2.86. The average molecular weight is 513 g/mol. The van der Waals surface area contributed by atoms with Crippen LogP contribution in [0.2, 0.25) is 0 Å². The minimum Gasteiger partial charge on any atom is -0.493 e. The largest absolute Gasteiger partial charge is 0.493 e. The molecule has 0 fully saturated rings. The number of rotatable bonds is 9. The molecule has 0 atom stereocenters. The molecule has 2 aromatic carbocycles. The molecule has 3 rings (SSSR count). The zero-order chi connectivity index (χ0) is 26.2. The van der Waals surface area contributed by atoms with Crippen molar-refractivity contribution in [1.29, 1.82) is 0 Å². The number of carbonyl (C=O) groups is 1. The highest BCUT2D eigenvalue weighted by atomic mass is 32.2. The van der Waals surface area contributed by atoms with Crippen LogP contribution in [0.1, 0.15) is 30.9 Å². The van der Waals surface area contributed by atoms with Crippen LogP contribution in [-0.2, 0) is 16.1 Å². The summed E-state index contributed by atoms with van der Waals surface area (Å²) in [7, 11) is 3.25. The lowest BCUT2D eigenvalue weighted by atomic mass is 10.1. The van der Waals surface area contributed by atoms with Crippen molar-refractivity contribution < 1.29 is 22.9 Å². The number of amides is 1. The van der Waals surface area contributed by atoms with Gasteiger partial charge in [-0.15, -0.1) is 5.73 Å². The molecule has 6 nitrogen and oxygen atoms in total. The highest BCUT2D eigenvalue weighted by Gasteiger charge is 2.20. The summed E-state index contributed by atoms with van der Waals surface area (Å²) in [6.07, 6.45) is 5.91. The first-order valence-electron chi connectivity index (χ1n) is 11.6. The fraction of sp³-hybridized carbons (Fsp3) is 0.321. The zero-order valence-electron chi connectivity index (χ0n) is 21.2. The van der Waals surface area contributed by atoms with Gasteiger partial charge < -0.3 is 19.1 Å². The van der Waals surface area contributed by atoms with Gasteiger partial charge in [0.1, 0.15) is 11.5 Å². The monoisotopic (exact) mass is 512 g/mol. The normalized spacial score (nSPS) is 13.8. The first-order chi connectivity index (χ1) is 17.5. The molecule has 8 heteroatoms. The number of ether oxygens (including phenoxy) is 3. The van der Waals surface area contributed by atoms with E-state index in [2.05, 4.69) is 15.5 Å². The predicted octanol–water partition coefficient (Wildman–Crippen LogP) is 6.43. The van der Waals surface area contributed by atoms with Crippen LogP contribution in [-0.4, -0.2) is 43.3 Å². The fourth-order valence-corrected chi connectivity index (χ4v) is 3.38. The van der Waals surface area contributed by atoms with Gasteiger partial charge in [0.05, 0.1) is 31.5 Å². The lowest BCUT2D eigenvalue weighted by Gasteiger charge is -2.26. The smallest absolute Gasteiger partial charge is 0.226 e. The minimum absolute atomic E-state index is 0.0229. The number of carbonyl (C=O) groups excluding carboxylic acids is 1. The number of aliphatic imine (C=N–C) groups is 1. The molecule has 1 amide bonds. The number of hydrogen-bond acceptors (Lipinski definition) is 6. The molecule has 36 heavy (non-hydrogen) atoms. The number of halogens is 1. The van der Waals surface area contributed by atoms with Crippen LogP contribution >= 0.6 is 12.1 Å². The molecule has 1 heterocycles. The first kappa shape index (κ1) is 28.9. The third kappa shape index (κ3) is 9.74. The molecule has 0 aromatic heterocycles. The number of benzene rings is 2. The molecule has 0 radical (unpaired) electrons. The molecule has 1 aliphatic heterocycles. The molecule has 0 unspecified atom stereocenters. The highest BCUT2D eigenvalue weighted by Crippen LogP contribution is 2.23. The van der Waals surface area contributed by atoms with Crippen LogP contribution in [0.4, 0.5) is 3.89 Å². The van der Waals surface area contributed by atoms with Gasteiger partial charge in [-0.25, -0.2) is 4.99 Å². The Kier molecular flexibility index (Phi) is 13.1. The number of allylic oxidation sites excluding steroid dienone is 2. The van der Waals surface area contributed by atoms with Crippen LogP contribution in [0.15, 0.2) is 83.3 Å². The molecule has 2 aromatic rings. The van der Waals surface area contributed by atoms with Crippen LogP contribution in [0.3, 0.4) is 0 Å². The van der Waals surface area contributed by atoms with Gasteiger partial charge in [0, 0.05) is 38.5 Å². The Hall–Kier alpha value is -3.32. The summed E-state index contributed by atoms with van der Waals surface area (Å²) in [4.78, 5) is 19.0. The topological polar surface area (TPSA) is 60.4 Å². The van der Waals surface area contributed by atoms with Crippen molar-refractivity contribution in [1.82, 2.24) is 4.90 Å². The van der Waals surface area contributed by atoms with E-state index in [0.29, 0.717) is 43.4 Å². The SMILES string of the molecule is CCC(=O)N(Cc1ccccc1C)/C1=C/C=C=CN=C(Oc2ccc(OCCSF)cc2)C1.COC. The molecule has 0 aliphatic carbocycles. The predicted molar refractivity (Wildman–Crippen MR) is 144 cm³/mol. The van der Waals surface area contributed by atoms with E-state index in [4.69, 9.17) is 9.47 Å². The highest BCUT2D eigenvalue weighted by molar-refractivity contribution is 7.94. The summed E-state index contributed by atoms with van der Waals surface area (Å²) >= 11 is 0.247. The molecule has 0 bridgehead atoms. The maximum absolute atomic E-state index is 12.9. The Bertz CT molecular complexity index is 1090. The maximum Gasteiger partial charge on any atom is 0.226 e. The van der Waals surface area contributed by atoms with E-state index >= 15 is 0 Å². The third-order valence-corrected chi connectivity index (χ3v) is 5.34. The second kappa shape index (κ2) is 16.4. The molecule has 0 saturated heterocycles. The van der Waals surface area contributed by atoms with Crippen LogP contribution < -0.4 is 9.47 Å². The van der Waals surface area contributed by atoms with Gasteiger partial charge in [0.15, 0.2) is 0 Å². The number of aryl methyl sites for hydroxylation is 1. The quantitative estimate of drug-likeness (QED) is 0.286. The lowest BCUT2D eigenvalue weighted by molar-refractivity contribution is -0.129. The van der Waals surface area contributed by atoms with E-state index in [1.807, 2.05) is 44.2 Å². The summed E-state index contributed by atoms with van der Waals surface area (Å²) < 4.78 is 27.9. The molecule has 0 saturated carbocycles. The summed E-state index contributed by atoms with van der Waals surface area (Å²) in [6.45, 7) is 4.66. The van der Waals surface area contributed by atoms with E-state index in [0.717, 1.165) is 16.8 Å². The van der Waals surface area contributed by atoms with Crippen molar-refractivity contribution in [3.8, 4) is 11.5 Å². The number of methoxy groups -OCH3 is 1. The van der Waals surface area contributed by atoms with E-state index in [1.54, 1.807) is 55.7 Å². The van der Waals surface area contributed by atoms with Crippen LogP contribution in [0.5, 0.6) is 11.5 Å². The first-order valence-corrected chi connectivity index (χ1v) is 12.5. The van der Waals surface area contributed by atoms with Gasteiger partial charge in [0.25, 0.3) is 0 Å². The molecule has 1 aliphatic rings. The van der Waals surface area contributed by atoms with E-state index in [1.165, 1.54) is 0 Å². The summed E-state index contributed by atoms with van der Waals surface area (Å²) in [5.74, 6) is 1.97. The van der Waals surface area contributed by atoms with E-state index in [9.17, 15) is 8.68 Å². The van der Waals surface area contributed by atoms with Gasteiger partial charge in [0.2, 0.25) is 11.8 Å². The lowest BCUT2D eigenvalue weighted by Crippen LogP contribution is -2.31. The van der Waals surface area contributed by atoms with Gasteiger partial charge in [-0.2, -0.15) is 3.89 Å². The van der Waals surface area contributed by atoms with Gasteiger partial charge >= 0.3 is 0 Å². The molecule has 192 valence electrons. The van der Waals surface area contributed by atoms with Crippen molar-refractivity contribution in [3.05, 3.63) is 89.4 Å². The van der Waals surface area contributed by atoms with Crippen LogP contribution in [0, 0.1) is 6.92 Å². The second-order valence-electron chi connectivity index (χ2n) is 7.72. The standard InChI is InChI=1S/C26H27FN2O3S.C2H6O/c1-3-26(30)29(19-21-9-5-4-8-20(21)2)22-10-6-7-15-28-25(18-22)32-24-13-11-23(12-14-24)31-16-17-33-27;1-3-2/h4-6,8-15H,3,16-19H2,1-2H3;1-2H3/b22-10+,28-25?;. The Morgan fingerprint density at radius 3 is 2.50 bits per heavy atom. The van der Waals surface area contributed by atoms with E-state index in [-0.39, 0.29) is 23.8 Å². The van der Waals surface area contributed by atoms with Gasteiger partial charge in [-0.05, 0) is 54.5 Å². The molecular formula is C28H33FN2O4S. The van der Waals surface area contributed by atoms with Crippen molar-refractivity contribution in [2.45, 2.75) is 33.2 Å². The van der Waals surface area contributed by atoms with Crippen molar-refractivity contribution in [2.75, 3.05) is 26.6 Å². The van der Waals surface area contributed by atoms with Gasteiger partial charge in [-0.3, -0.25) is 4.79 Å². The Balaban J connectivity index is 0.00000145. The van der Waals surface area contributed by atoms with Crippen molar-refractivity contribution in [3.63, 3.8) is 0 Å². The van der Waals surface area contributed by atoms with Crippen molar-refractivity contribution >= 4 is 24.0 Å². The Labute approximate surface area is 217 Å². The molecule has 0 spiro atoms. The fourth-order valence-electron chi connectivity index (χ4n) is 3.23. The Morgan fingerprint density at radius 1 is 1.14 bits per heavy atom. The third-order valence-electron chi connectivity index (χ3n) is 5.02. The molecule has 0 N–H and O–H groups in total.